The number of carbonyl (C=O) groups excluding carboxylic acids is 1. The largest absolute Gasteiger partial charge is 0.482 e. The van der Waals surface area contributed by atoms with E-state index in [9.17, 15) is 9.59 Å². The molecule has 0 aliphatic heterocycles. The molecule has 0 aliphatic rings. The summed E-state index contributed by atoms with van der Waals surface area (Å²) < 4.78 is 5.18. The van der Waals surface area contributed by atoms with Crippen LogP contribution in [-0.4, -0.2) is 41.1 Å². The molecule has 1 unspecified atom stereocenters. The van der Waals surface area contributed by atoms with Crippen molar-refractivity contribution in [2.45, 2.75) is 32.7 Å². The van der Waals surface area contributed by atoms with Crippen LogP contribution in [0.2, 0.25) is 0 Å². The lowest BCUT2D eigenvalue weighted by Crippen LogP contribution is -2.41. The van der Waals surface area contributed by atoms with Gasteiger partial charge in [0.15, 0.2) is 6.61 Å². The Hall–Kier alpha value is -2.82. The van der Waals surface area contributed by atoms with Crippen molar-refractivity contribution >= 4 is 11.9 Å². The molecule has 5 heteroatoms. The van der Waals surface area contributed by atoms with Crippen molar-refractivity contribution in [2.24, 2.45) is 0 Å². The molecular weight excluding hydrogens is 330 g/mol. The van der Waals surface area contributed by atoms with E-state index in [-0.39, 0.29) is 11.9 Å². The van der Waals surface area contributed by atoms with Gasteiger partial charge in [-0.3, -0.25) is 4.79 Å². The van der Waals surface area contributed by atoms with Crippen molar-refractivity contribution in [3.63, 3.8) is 0 Å². The quantitative estimate of drug-likeness (QED) is 0.746. The Bertz CT molecular complexity index is 730. The summed E-state index contributed by atoms with van der Waals surface area (Å²) in [7, 11) is 0. The standard InChI is InChI=1S/C21H25NO4/c1-3-18(13-16-9-6-5-7-10-16)22(4-2)21(25)17-11-8-12-19(14-17)26-15-20(23)24/h5-12,14,18H,3-4,13,15H2,1-2H3,(H,23,24). The van der Waals surface area contributed by atoms with Gasteiger partial charge in [0.2, 0.25) is 0 Å². The minimum atomic E-state index is -1.05. The number of amides is 1. The van der Waals surface area contributed by atoms with Gasteiger partial charge in [-0.2, -0.15) is 0 Å². The second-order valence-corrected chi connectivity index (χ2v) is 6.05. The minimum Gasteiger partial charge on any atom is -0.482 e. The summed E-state index contributed by atoms with van der Waals surface area (Å²) in [4.78, 5) is 25.5. The molecule has 5 nitrogen and oxygen atoms in total. The van der Waals surface area contributed by atoms with Crippen LogP contribution in [0.3, 0.4) is 0 Å². The number of rotatable bonds is 9. The van der Waals surface area contributed by atoms with Crippen molar-refractivity contribution in [3.05, 3.63) is 65.7 Å². The number of carboxylic acid groups (broad SMARTS) is 1. The highest BCUT2D eigenvalue weighted by molar-refractivity contribution is 5.94. The molecule has 1 atom stereocenters. The summed E-state index contributed by atoms with van der Waals surface area (Å²) >= 11 is 0. The highest BCUT2D eigenvalue weighted by Gasteiger charge is 2.22. The number of hydrogen-bond donors (Lipinski definition) is 1. The first-order chi connectivity index (χ1) is 12.5. The summed E-state index contributed by atoms with van der Waals surface area (Å²) in [5.41, 5.74) is 1.70. The SMILES string of the molecule is CCC(Cc1ccccc1)N(CC)C(=O)c1cccc(OCC(=O)O)c1. The first kappa shape index (κ1) is 19.5. The van der Waals surface area contributed by atoms with E-state index < -0.39 is 12.6 Å². The molecule has 2 rings (SSSR count). The summed E-state index contributed by atoms with van der Waals surface area (Å²) in [5, 5.41) is 8.72. The predicted molar refractivity (Wildman–Crippen MR) is 101 cm³/mol. The van der Waals surface area contributed by atoms with Crippen LogP contribution in [0.4, 0.5) is 0 Å². The molecular formula is C21H25NO4. The van der Waals surface area contributed by atoms with Gasteiger partial charge < -0.3 is 14.7 Å². The second-order valence-electron chi connectivity index (χ2n) is 6.05. The maximum atomic E-state index is 13.0. The molecule has 26 heavy (non-hydrogen) atoms. The van der Waals surface area contributed by atoms with E-state index in [1.807, 2.05) is 30.0 Å². The van der Waals surface area contributed by atoms with E-state index in [0.717, 1.165) is 12.8 Å². The van der Waals surface area contributed by atoms with Crippen LogP contribution in [-0.2, 0) is 11.2 Å². The number of carbonyl (C=O) groups is 2. The third-order valence-electron chi connectivity index (χ3n) is 4.27. The molecule has 2 aromatic carbocycles. The zero-order chi connectivity index (χ0) is 18.9. The van der Waals surface area contributed by atoms with Crippen molar-refractivity contribution in [1.29, 1.82) is 0 Å². The molecule has 0 saturated carbocycles. The van der Waals surface area contributed by atoms with Gasteiger partial charge in [-0.15, -0.1) is 0 Å². The minimum absolute atomic E-state index is 0.0731. The summed E-state index contributed by atoms with van der Waals surface area (Å²) in [6.45, 7) is 4.22. The molecule has 138 valence electrons. The zero-order valence-electron chi connectivity index (χ0n) is 15.2. The van der Waals surface area contributed by atoms with Gasteiger partial charge in [0.1, 0.15) is 5.75 Å². The number of likely N-dealkylation sites (N-methyl/N-ethyl adjacent to an activating group) is 1. The average molecular weight is 355 g/mol. The summed E-state index contributed by atoms with van der Waals surface area (Å²) in [6, 6.07) is 16.9. The molecule has 2 aromatic rings. The topological polar surface area (TPSA) is 66.8 Å². The summed E-state index contributed by atoms with van der Waals surface area (Å²) in [6.07, 6.45) is 1.65. The number of ether oxygens (including phenoxy) is 1. The Kier molecular flexibility index (Phi) is 7.21. The van der Waals surface area contributed by atoms with Crippen molar-refractivity contribution in [1.82, 2.24) is 4.90 Å². The maximum Gasteiger partial charge on any atom is 0.341 e. The van der Waals surface area contributed by atoms with Crippen molar-refractivity contribution < 1.29 is 19.4 Å². The second kappa shape index (κ2) is 9.61. The van der Waals surface area contributed by atoms with E-state index in [4.69, 9.17) is 9.84 Å². The van der Waals surface area contributed by atoms with Crippen molar-refractivity contribution in [3.8, 4) is 5.75 Å². The van der Waals surface area contributed by atoms with Crippen LogP contribution < -0.4 is 4.74 Å². The fraction of sp³-hybridized carbons (Fsp3) is 0.333. The average Bonchev–Trinajstić information content (AvgIpc) is 2.67. The van der Waals surface area contributed by atoms with Crippen LogP contribution >= 0.6 is 0 Å². The lowest BCUT2D eigenvalue weighted by molar-refractivity contribution is -0.139. The molecule has 0 spiro atoms. The molecule has 0 aliphatic carbocycles. The first-order valence-corrected chi connectivity index (χ1v) is 8.84. The Balaban J connectivity index is 2.16. The molecule has 0 radical (unpaired) electrons. The van der Waals surface area contributed by atoms with Gasteiger partial charge in [-0.05, 0) is 43.5 Å². The molecule has 0 fully saturated rings. The van der Waals surface area contributed by atoms with Crippen LogP contribution in [0.1, 0.15) is 36.2 Å². The Morgan fingerprint density at radius 3 is 2.42 bits per heavy atom. The third-order valence-corrected chi connectivity index (χ3v) is 4.27. The first-order valence-electron chi connectivity index (χ1n) is 8.84. The molecule has 0 saturated heterocycles. The van der Waals surface area contributed by atoms with Crippen LogP contribution in [0, 0.1) is 0 Å². The van der Waals surface area contributed by atoms with E-state index >= 15 is 0 Å². The molecule has 1 amide bonds. The highest BCUT2D eigenvalue weighted by atomic mass is 16.5. The van der Waals surface area contributed by atoms with Crippen LogP contribution in [0.25, 0.3) is 0 Å². The van der Waals surface area contributed by atoms with E-state index in [1.54, 1.807) is 24.3 Å². The van der Waals surface area contributed by atoms with Gasteiger partial charge >= 0.3 is 5.97 Å². The summed E-state index contributed by atoms with van der Waals surface area (Å²) in [5.74, 6) is -0.743. The molecule has 1 N–H and O–H groups in total. The van der Waals surface area contributed by atoms with Gasteiger partial charge in [0.05, 0.1) is 0 Å². The van der Waals surface area contributed by atoms with Gasteiger partial charge in [0.25, 0.3) is 5.91 Å². The highest BCUT2D eigenvalue weighted by Crippen LogP contribution is 2.19. The zero-order valence-corrected chi connectivity index (χ0v) is 15.2. The van der Waals surface area contributed by atoms with Crippen LogP contribution in [0.5, 0.6) is 5.75 Å². The number of benzene rings is 2. The Morgan fingerprint density at radius 2 is 1.81 bits per heavy atom. The maximum absolute atomic E-state index is 13.0. The monoisotopic (exact) mass is 355 g/mol. The fourth-order valence-corrected chi connectivity index (χ4v) is 2.96. The van der Waals surface area contributed by atoms with Gasteiger partial charge in [0, 0.05) is 18.2 Å². The molecule has 0 aromatic heterocycles. The number of hydrogen-bond acceptors (Lipinski definition) is 3. The lowest BCUT2D eigenvalue weighted by atomic mass is 10.0. The van der Waals surface area contributed by atoms with Gasteiger partial charge in [-0.25, -0.2) is 4.79 Å². The molecule has 0 heterocycles. The number of nitrogens with zero attached hydrogens (tertiary/aromatic N) is 1. The van der Waals surface area contributed by atoms with E-state index in [0.29, 0.717) is 17.9 Å². The van der Waals surface area contributed by atoms with Gasteiger partial charge in [-0.1, -0.05) is 43.3 Å². The van der Waals surface area contributed by atoms with E-state index in [1.165, 1.54) is 5.56 Å². The smallest absolute Gasteiger partial charge is 0.341 e. The fourth-order valence-electron chi connectivity index (χ4n) is 2.96. The van der Waals surface area contributed by atoms with Crippen molar-refractivity contribution in [2.75, 3.05) is 13.2 Å². The lowest BCUT2D eigenvalue weighted by Gasteiger charge is -2.30. The Labute approximate surface area is 154 Å². The Morgan fingerprint density at radius 1 is 1.08 bits per heavy atom. The molecule has 0 bridgehead atoms. The van der Waals surface area contributed by atoms with Crippen LogP contribution in [0.15, 0.2) is 54.6 Å². The third kappa shape index (κ3) is 5.34. The number of carboxylic acids is 1. The normalized spacial score (nSPS) is 11.6. The van der Waals surface area contributed by atoms with E-state index in [2.05, 4.69) is 19.1 Å². The number of aliphatic carboxylic acids is 1. The predicted octanol–water partition coefficient (Wildman–Crippen LogP) is 3.63.